The van der Waals surface area contributed by atoms with Gasteiger partial charge in [0.1, 0.15) is 5.75 Å². The van der Waals surface area contributed by atoms with Crippen LogP contribution >= 0.6 is 0 Å². The first-order valence-electron chi connectivity index (χ1n) is 8.49. The molecular formula is C18H30F2N4O. The SMILES string of the molecule is CCNC(=NCCNC(C)(C)C)N(C)Cc1ccc(OC(F)F)cc1. The Bertz CT molecular complexity index is 527. The predicted molar refractivity (Wildman–Crippen MR) is 98.3 cm³/mol. The maximum atomic E-state index is 12.2. The molecule has 0 bridgehead atoms. The summed E-state index contributed by atoms with van der Waals surface area (Å²) in [4.78, 5) is 6.62. The lowest BCUT2D eigenvalue weighted by Gasteiger charge is -2.23. The molecule has 142 valence electrons. The smallest absolute Gasteiger partial charge is 0.387 e. The average Bonchev–Trinajstić information content (AvgIpc) is 2.50. The Morgan fingerprint density at radius 1 is 1.24 bits per heavy atom. The number of halogens is 2. The van der Waals surface area contributed by atoms with Crippen molar-refractivity contribution in [1.82, 2.24) is 15.5 Å². The van der Waals surface area contributed by atoms with Crippen LogP contribution < -0.4 is 15.4 Å². The van der Waals surface area contributed by atoms with E-state index in [-0.39, 0.29) is 11.3 Å². The molecule has 0 aliphatic heterocycles. The summed E-state index contributed by atoms with van der Waals surface area (Å²) in [5, 5.41) is 6.66. The van der Waals surface area contributed by atoms with Crippen molar-refractivity contribution in [3.8, 4) is 5.75 Å². The molecule has 0 amide bonds. The van der Waals surface area contributed by atoms with Gasteiger partial charge in [-0.15, -0.1) is 0 Å². The molecule has 5 nitrogen and oxygen atoms in total. The van der Waals surface area contributed by atoms with Gasteiger partial charge in [-0.3, -0.25) is 4.99 Å². The third kappa shape index (κ3) is 9.24. The van der Waals surface area contributed by atoms with Gasteiger partial charge in [-0.1, -0.05) is 12.1 Å². The molecule has 0 radical (unpaired) electrons. The van der Waals surface area contributed by atoms with E-state index in [9.17, 15) is 8.78 Å². The Balaban J connectivity index is 2.61. The molecule has 0 aliphatic rings. The topological polar surface area (TPSA) is 48.9 Å². The standard InChI is InChI=1S/C18H30F2N4O/c1-6-21-17(22-11-12-23-18(2,3)4)24(5)13-14-7-9-15(10-8-14)25-16(19)20/h7-10,16,23H,6,11-13H2,1-5H3,(H,21,22). The van der Waals surface area contributed by atoms with Gasteiger partial charge in [0, 0.05) is 32.2 Å². The number of guanidine groups is 1. The minimum absolute atomic E-state index is 0.0712. The Morgan fingerprint density at radius 2 is 1.88 bits per heavy atom. The van der Waals surface area contributed by atoms with Crippen LogP contribution in [0.2, 0.25) is 0 Å². The van der Waals surface area contributed by atoms with Crippen molar-refractivity contribution in [2.24, 2.45) is 4.99 Å². The molecule has 0 fully saturated rings. The number of hydrogen-bond acceptors (Lipinski definition) is 3. The molecule has 0 saturated heterocycles. The highest BCUT2D eigenvalue weighted by Gasteiger charge is 2.09. The normalized spacial score (nSPS) is 12.4. The minimum Gasteiger partial charge on any atom is -0.435 e. The monoisotopic (exact) mass is 356 g/mol. The summed E-state index contributed by atoms with van der Waals surface area (Å²) in [7, 11) is 1.95. The zero-order valence-electron chi connectivity index (χ0n) is 15.8. The highest BCUT2D eigenvalue weighted by atomic mass is 19.3. The van der Waals surface area contributed by atoms with E-state index in [1.165, 1.54) is 0 Å². The highest BCUT2D eigenvalue weighted by molar-refractivity contribution is 5.79. The summed E-state index contributed by atoms with van der Waals surface area (Å²) in [6.45, 7) is 8.44. The van der Waals surface area contributed by atoms with Crippen LogP contribution in [0.25, 0.3) is 0 Å². The van der Waals surface area contributed by atoms with Gasteiger partial charge in [-0.2, -0.15) is 8.78 Å². The van der Waals surface area contributed by atoms with Gasteiger partial charge in [0.05, 0.1) is 6.54 Å². The molecule has 0 spiro atoms. The lowest BCUT2D eigenvalue weighted by molar-refractivity contribution is -0.0498. The molecule has 1 rings (SSSR count). The van der Waals surface area contributed by atoms with Crippen molar-refractivity contribution in [3.05, 3.63) is 29.8 Å². The van der Waals surface area contributed by atoms with Crippen LogP contribution in [0.3, 0.4) is 0 Å². The van der Waals surface area contributed by atoms with E-state index in [1.54, 1.807) is 24.3 Å². The van der Waals surface area contributed by atoms with Gasteiger partial charge in [-0.25, -0.2) is 0 Å². The van der Waals surface area contributed by atoms with Crippen molar-refractivity contribution >= 4 is 5.96 Å². The first-order chi connectivity index (χ1) is 11.7. The molecule has 0 aliphatic carbocycles. The number of alkyl halides is 2. The van der Waals surface area contributed by atoms with Gasteiger partial charge < -0.3 is 20.3 Å². The fourth-order valence-corrected chi connectivity index (χ4v) is 2.19. The van der Waals surface area contributed by atoms with Gasteiger partial charge in [0.15, 0.2) is 5.96 Å². The summed E-state index contributed by atoms with van der Waals surface area (Å²) in [5.41, 5.74) is 1.06. The van der Waals surface area contributed by atoms with Crippen molar-refractivity contribution in [3.63, 3.8) is 0 Å². The second kappa shape index (κ2) is 10.2. The molecule has 0 saturated carbocycles. The van der Waals surface area contributed by atoms with E-state index in [0.717, 1.165) is 24.6 Å². The molecule has 2 N–H and O–H groups in total. The Morgan fingerprint density at radius 3 is 2.40 bits per heavy atom. The summed E-state index contributed by atoms with van der Waals surface area (Å²) >= 11 is 0. The maximum Gasteiger partial charge on any atom is 0.387 e. The predicted octanol–water partition coefficient (Wildman–Crippen LogP) is 3.07. The third-order valence-corrected chi connectivity index (χ3v) is 3.29. The lowest BCUT2D eigenvalue weighted by atomic mass is 10.1. The van der Waals surface area contributed by atoms with Gasteiger partial charge >= 0.3 is 6.61 Å². The number of benzene rings is 1. The number of aliphatic imine (C=N–C) groups is 1. The van der Waals surface area contributed by atoms with Crippen LogP contribution in [0.4, 0.5) is 8.78 Å². The first kappa shape index (κ1) is 21.2. The van der Waals surface area contributed by atoms with E-state index in [1.807, 2.05) is 18.9 Å². The quantitative estimate of drug-likeness (QED) is 0.427. The van der Waals surface area contributed by atoms with Crippen LogP contribution in [0, 0.1) is 0 Å². The van der Waals surface area contributed by atoms with Crippen molar-refractivity contribution in [2.75, 3.05) is 26.7 Å². The highest BCUT2D eigenvalue weighted by Crippen LogP contribution is 2.15. The van der Waals surface area contributed by atoms with Crippen molar-refractivity contribution in [1.29, 1.82) is 0 Å². The van der Waals surface area contributed by atoms with Gasteiger partial charge in [0.25, 0.3) is 0 Å². The summed E-state index contributed by atoms with van der Waals surface area (Å²) in [6, 6.07) is 6.65. The molecule has 1 aromatic rings. The maximum absolute atomic E-state index is 12.2. The van der Waals surface area contributed by atoms with Gasteiger partial charge in [0.2, 0.25) is 0 Å². The van der Waals surface area contributed by atoms with Gasteiger partial charge in [-0.05, 0) is 45.4 Å². The summed E-state index contributed by atoms with van der Waals surface area (Å²) in [6.07, 6.45) is 0. The molecule has 0 unspecified atom stereocenters. The third-order valence-electron chi connectivity index (χ3n) is 3.29. The molecule has 1 aromatic carbocycles. The number of rotatable bonds is 8. The Hall–Kier alpha value is -1.89. The number of ether oxygens (including phenoxy) is 1. The van der Waals surface area contributed by atoms with Crippen molar-refractivity contribution in [2.45, 2.75) is 46.4 Å². The number of nitrogens with zero attached hydrogens (tertiary/aromatic N) is 2. The molecule has 7 heteroatoms. The number of hydrogen-bond donors (Lipinski definition) is 2. The van der Waals surface area contributed by atoms with Crippen LogP contribution in [0.15, 0.2) is 29.3 Å². The molecular weight excluding hydrogens is 326 g/mol. The lowest BCUT2D eigenvalue weighted by Crippen LogP contribution is -2.40. The Kier molecular flexibility index (Phi) is 8.61. The van der Waals surface area contributed by atoms with E-state index in [2.05, 4.69) is 41.1 Å². The molecule has 25 heavy (non-hydrogen) atoms. The zero-order chi connectivity index (χ0) is 18.9. The van der Waals surface area contributed by atoms with Crippen LogP contribution in [0.1, 0.15) is 33.3 Å². The van der Waals surface area contributed by atoms with E-state index in [0.29, 0.717) is 13.1 Å². The molecule has 0 heterocycles. The number of nitrogens with one attached hydrogen (secondary N) is 2. The second-order valence-electron chi connectivity index (χ2n) is 6.79. The summed E-state index contributed by atoms with van der Waals surface area (Å²) in [5.74, 6) is 0.973. The zero-order valence-corrected chi connectivity index (χ0v) is 15.8. The molecule has 0 atom stereocenters. The van der Waals surface area contributed by atoms with Crippen LogP contribution in [-0.2, 0) is 6.54 Å². The summed E-state index contributed by atoms with van der Waals surface area (Å²) < 4.78 is 28.7. The van der Waals surface area contributed by atoms with Crippen LogP contribution in [-0.4, -0.2) is 49.7 Å². The average molecular weight is 356 g/mol. The van der Waals surface area contributed by atoms with E-state index < -0.39 is 6.61 Å². The fraction of sp³-hybridized carbons (Fsp3) is 0.611. The van der Waals surface area contributed by atoms with Crippen LogP contribution in [0.5, 0.6) is 5.75 Å². The van der Waals surface area contributed by atoms with E-state index >= 15 is 0 Å². The Labute approximate surface area is 149 Å². The van der Waals surface area contributed by atoms with E-state index in [4.69, 9.17) is 0 Å². The van der Waals surface area contributed by atoms with Crippen molar-refractivity contribution < 1.29 is 13.5 Å². The fourth-order valence-electron chi connectivity index (χ4n) is 2.19. The largest absolute Gasteiger partial charge is 0.435 e. The minimum atomic E-state index is -2.80. The second-order valence-corrected chi connectivity index (χ2v) is 6.79. The molecule has 0 aromatic heterocycles. The first-order valence-corrected chi connectivity index (χ1v) is 8.49.